The largest absolute Gasteiger partial charge is 0.0842 e. The Morgan fingerprint density at radius 1 is 0.714 bits per heavy atom. The molecule has 0 nitrogen and oxygen atoms in total. The predicted octanol–water partition coefficient (Wildman–Crippen LogP) is 4.14. The molecule has 73 valence electrons. The molecule has 0 N–H and O–H groups in total. The van der Waals surface area contributed by atoms with Crippen molar-refractivity contribution in [2.24, 2.45) is 0 Å². The molecule has 0 heterocycles. The van der Waals surface area contributed by atoms with E-state index in [2.05, 4.69) is 60.8 Å². The molecule has 0 spiro atoms. The number of hydrogen-bond donors (Lipinski definition) is 0. The van der Waals surface area contributed by atoms with Gasteiger partial charge >= 0.3 is 0 Å². The van der Waals surface area contributed by atoms with E-state index in [1.54, 1.807) is 0 Å². The van der Waals surface area contributed by atoms with Gasteiger partial charge in [-0.1, -0.05) is 54.7 Å². The maximum Gasteiger partial charge on any atom is -0.0160 e. The Bertz CT molecular complexity index is 262. The van der Waals surface area contributed by atoms with Crippen molar-refractivity contribution in [3.05, 3.63) is 60.8 Å². The van der Waals surface area contributed by atoms with Crippen LogP contribution in [0.2, 0.25) is 0 Å². The molecule has 0 unspecified atom stereocenters. The van der Waals surface area contributed by atoms with E-state index in [1.807, 2.05) is 0 Å². The maximum absolute atomic E-state index is 3.26. The summed E-state index contributed by atoms with van der Waals surface area (Å²) in [5.74, 6) is 0. The van der Waals surface area contributed by atoms with Crippen LogP contribution in [0.1, 0.15) is 25.7 Å². The summed E-state index contributed by atoms with van der Waals surface area (Å²) in [7, 11) is 0. The SMILES string of the molecule is [C]1=C/C/C=C/C=C\C/C=C/C=C/CC/1. The molecule has 0 fully saturated rings. The van der Waals surface area contributed by atoms with E-state index < -0.39 is 0 Å². The van der Waals surface area contributed by atoms with Crippen LogP contribution in [0.4, 0.5) is 0 Å². The predicted molar refractivity (Wildman–Crippen MR) is 62.8 cm³/mol. The summed E-state index contributed by atoms with van der Waals surface area (Å²) < 4.78 is 0. The zero-order valence-corrected chi connectivity index (χ0v) is 8.52. The minimum Gasteiger partial charge on any atom is -0.0842 e. The molecule has 0 amide bonds. The van der Waals surface area contributed by atoms with E-state index in [0.29, 0.717) is 0 Å². The topological polar surface area (TPSA) is 0 Å². The summed E-state index contributed by atoms with van der Waals surface area (Å²) in [6.07, 6.45) is 26.5. The van der Waals surface area contributed by atoms with Crippen molar-refractivity contribution >= 4 is 0 Å². The normalized spacial score (nSPS) is 29.7. The Kier molecular flexibility index (Phi) is 6.39. The van der Waals surface area contributed by atoms with Crippen LogP contribution < -0.4 is 0 Å². The van der Waals surface area contributed by atoms with Gasteiger partial charge in [0, 0.05) is 0 Å². The summed E-state index contributed by atoms with van der Waals surface area (Å²) in [5, 5.41) is 0. The molecule has 0 atom stereocenters. The molecular weight excluding hydrogens is 168 g/mol. The second-order valence-corrected chi connectivity index (χ2v) is 3.13. The van der Waals surface area contributed by atoms with Crippen molar-refractivity contribution in [3.63, 3.8) is 0 Å². The third-order valence-corrected chi connectivity index (χ3v) is 1.89. The molecule has 1 aliphatic rings. The highest BCUT2D eigenvalue weighted by atomic mass is 13.8. The quantitative estimate of drug-likeness (QED) is 0.532. The van der Waals surface area contributed by atoms with Crippen LogP contribution in [0.5, 0.6) is 0 Å². The molecule has 1 rings (SSSR count). The third-order valence-electron chi connectivity index (χ3n) is 1.89. The molecule has 0 saturated heterocycles. The molecule has 0 aromatic carbocycles. The van der Waals surface area contributed by atoms with Crippen molar-refractivity contribution in [2.45, 2.75) is 25.7 Å². The summed E-state index contributed by atoms with van der Waals surface area (Å²) in [5.41, 5.74) is 0. The van der Waals surface area contributed by atoms with Gasteiger partial charge in [0.1, 0.15) is 0 Å². The molecular formula is C14H17. The minimum absolute atomic E-state index is 0.990. The van der Waals surface area contributed by atoms with Crippen molar-refractivity contribution in [3.8, 4) is 0 Å². The Morgan fingerprint density at radius 2 is 1.36 bits per heavy atom. The first-order valence-electron chi connectivity index (χ1n) is 5.18. The fourth-order valence-corrected chi connectivity index (χ4v) is 1.14. The Morgan fingerprint density at radius 3 is 2.14 bits per heavy atom. The summed E-state index contributed by atoms with van der Waals surface area (Å²) >= 11 is 0. The highest BCUT2D eigenvalue weighted by Crippen LogP contribution is 1.96. The molecule has 1 aliphatic carbocycles. The van der Waals surface area contributed by atoms with Crippen LogP contribution in [0, 0.1) is 6.08 Å². The highest BCUT2D eigenvalue weighted by Gasteiger charge is 1.77. The van der Waals surface area contributed by atoms with Gasteiger partial charge in [0.25, 0.3) is 0 Å². The molecule has 1 radical (unpaired) electrons. The molecule has 0 heteroatoms. The van der Waals surface area contributed by atoms with Crippen molar-refractivity contribution < 1.29 is 0 Å². The maximum atomic E-state index is 3.26. The molecule has 0 saturated carbocycles. The van der Waals surface area contributed by atoms with Crippen LogP contribution in [-0.4, -0.2) is 0 Å². The fourth-order valence-electron chi connectivity index (χ4n) is 1.14. The second kappa shape index (κ2) is 8.31. The van der Waals surface area contributed by atoms with Crippen LogP contribution in [0.25, 0.3) is 0 Å². The van der Waals surface area contributed by atoms with Gasteiger partial charge in [-0.3, -0.25) is 0 Å². The van der Waals surface area contributed by atoms with Gasteiger partial charge in [0.05, 0.1) is 0 Å². The van der Waals surface area contributed by atoms with Crippen LogP contribution in [0.3, 0.4) is 0 Å². The number of hydrogen-bond acceptors (Lipinski definition) is 0. The lowest BCUT2D eigenvalue weighted by Gasteiger charge is -1.86. The van der Waals surface area contributed by atoms with E-state index in [4.69, 9.17) is 0 Å². The zero-order valence-electron chi connectivity index (χ0n) is 8.52. The first kappa shape index (κ1) is 10.8. The van der Waals surface area contributed by atoms with E-state index >= 15 is 0 Å². The Labute approximate surface area is 87.0 Å². The highest BCUT2D eigenvalue weighted by molar-refractivity contribution is 5.09. The van der Waals surface area contributed by atoms with Crippen molar-refractivity contribution in [1.82, 2.24) is 0 Å². The Hall–Kier alpha value is -1.30. The van der Waals surface area contributed by atoms with Gasteiger partial charge in [-0.25, -0.2) is 0 Å². The summed E-state index contributed by atoms with van der Waals surface area (Å²) in [6.45, 7) is 0. The average molecular weight is 185 g/mol. The lowest BCUT2D eigenvalue weighted by Crippen LogP contribution is -1.67. The third kappa shape index (κ3) is 6.24. The Balaban J connectivity index is 2.45. The first-order valence-corrected chi connectivity index (χ1v) is 5.18. The summed E-state index contributed by atoms with van der Waals surface area (Å²) in [6, 6.07) is 0. The van der Waals surface area contributed by atoms with Gasteiger partial charge in [-0.15, -0.1) is 0 Å². The van der Waals surface area contributed by atoms with E-state index in [0.717, 1.165) is 25.7 Å². The van der Waals surface area contributed by atoms with Gasteiger partial charge in [-0.05, 0) is 31.8 Å². The van der Waals surface area contributed by atoms with Crippen molar-refractivity contribution in [2.75, 3.05) is 0 Å². The standard InChI is InChI=1S/C14H17/c1-2-4-6-8-10-12-14-13-11-9-7-5-3-1/h1-4,7-9,11,13H,5-6,12,14H2/b3-1-,4-2+,9-7+,10-8?,13-11+. The van der Waals surface area contributed by atoms with E-state index in [1.165, 1.54) is 0 Å². The molecule has 0 aromatic heterocycles. The fraction of sp³-hybridized carbons (Fsp3) is 0.286. The lowest BCUT2D eigenvalue weighted by atomic mass is 10.2. The van der Waals surface area contributed by atoms with Crippen LogP contribution in [0.15, 0.2) is 54.7 Å². The van der Waals surface area contributed by atoms with Crippen LogP contribution >= 0.6 is 0 Å². The van der Waals surface area contributed by atoms with Crippen LogP contribution in [-0.2, 0) is 0 Å². The summed E-state index contributed by atoms with van der Waals surface area (Å²) in [4.78, 5) is 0. The van der Waals surface area contributed by atoms with Gasteiger partial charge in [-0.2, -0.15) is 0 Å². The van der Waals surface area contributed by atoms with Crippen molar-refractivity contribution in [1.29, 1.82) is 0 Å². The molecule has 0 aliphatic heterocycles. The van der Waals surface area contributed by atoms with E-state index in [-0.39, 0.29) is 0 Å². The average Bonchev–Trinajstić information content (AvgIpc) is 2.22. The molecule has 14 heavy (non-hydrogen) atoms. The minimum atomic E-state index is 0.990. The van der Waals surface area contributed by atoms with Gasteiger partial charge in [0.15, 0.2) is 0 Å². The number of rotatable bonds is 0. The number of allylic oxidation sites excluding steroid dienone is 10. The molecule has 0 bridgehead atoms. The first-order chi connectivity index (χ1) is 7.00. The van der Waals surface area contributed by atoms with Gasteiger partial charge < -0.3 is 0 Å². The van der Waals surface area contributed by atoms with Gasteiger partial charge in [0.2, 0.25) is 0 Å². The smallest absolute Gasteiger partial charge is 0.0160 e. The molecule has 0 aromatic rings. The second-order valence-electron chi connectivity index (χ2n) is 3.13. The van der Waals surface area contributed by atoms with E-state index in [9.17, 15) is 0 Å². The monoisotopic (exact) mass is 185 g/mol. The zero-order chi connectivity index (χ0) is 9.90. The lowest BCUT2D eigenvalue weighted by molar-refractivity contribution is 1.02.